The molecule has 0 unspecified atom stereocenters. The Bertz CT molecular complexity index is 867. The lowest BCUT2D eigenvalue weighted by atomic mass is 10.1. The Morgan fingerprint density at radius 3 is 2.62 bits per heavy atom. The van der Waals surface area contributed by atoms with Crippen molar-refractivity contribution in [2.75, 3.05) is 11.1 Å². The summed E-state index contributed by atoms with van der Waals surface area (Å²) in [6.45, 7) is 4.02. The maximum absolute atomic E-state index is 12.2. The quantitative estimate of drug-likeness (QED) is 0.585. The van der Waals surface area contributed by atoms with E-state index in [1.165, 1.54) is 23.1 Å². The average Bonchev–Trinajstić information content (AvgIpc) is 3.10. The van der Waals surface area contributed by atoms with Gasteiger partial charge in [0.2, 0.25) is 11.0 Å². The number of carbonyl (C=O) groups is 1. The standard InChI is InChI=1S/C19H20N4OS2/c1-13-8-6-7-11-16(13)21-18-22-23-19(26-18)25-12-17(24)20-14(2)15-9-4-3-5-10-15/h3-11,14H,12H2,1-2H3,(H,20,24)(H,21,22)/t14-/m1/s1. The second-order valence-corrected chi connectivity index (χ2v) is 8.00. The summed E-state index contributed by atoms with van der Waals surface area (Å²) in [6, 6.07) is 17.9. The second kappa shape index (κ2) is 8.82. The van der Waals surface area contributed by atoms with Crippen LogP contribution in [0.5, 0.6) is 0 Å². The van der Waals surface area contributed by atoms with Gasteiger partial charge in [-0.25, -0.2) is 0 Å². The van der Waals surface area contributed by atoms with Gasteiger partial charge in [0.25, 0.3) is 0 Å². The number of anilines is 2. The Balaban J connectivity index is 1.50. The maximum Gasteiger partial charge on any atom is 0.230 e. The van der Waals surface area contributed by atoms with Crippen LogP contribution in [0.2, 0.25) is 0 Å². The minimum atomic E-state index is -0.0185. The van der Waals surface area contributed by atoms with E-state index in [4.69, 9.17) is 0 Å². The Morgan fingerprint density at radius 2 is 1.85 bits per heavy atom. The summed E-state index contributed by atoms with van der Waals surface area (Å²) >= 11 is 2.84. The number of benzene rings is 2. The Labute approximate surface area is 161 Å². The molecule has 1 amide bonds. The number of nitrogens with one attached hydrogen (secondary N) is 2. The lowest BCUT2D eigenvalue weighted by Gasteiger charge is -2.13. The molecule has 0 radical (unpaired) electrons. The molecule has 3 aromatic rings. The van der Waals surface area contributed by atoms with E-state index in [-0.39, 0.29) is 11.9 Å². The fourth-order valence-corrected chi connectivity index (χ4v) is 3.96. The lowest BCUT2D eigenvalue weighted by molar-refractivity contribution is -0.119. The van der Waals surface area contributed by atoms with Crippen LogP contribution >= 0.6 is 23.1 Å². The normalized spacial score (nSPS) is 11.8. The van der Waals surface area contributed by atoms with E-state index in [2.05, 4.69) is 20.8 Å². The summed E-state index contributed by atoms with van der Waals surface area (Å²) in [6.07, 6.45) is 0. The zero-order valence-electron chi connectivity index (χ0n) is 14.6. The Hall–Kier alpha value is -2.38. The molecule has 134 valence electrons. The smallest absolute Gasteiger partial charge is 0.230 e. The molecule has 2 aromatic carbocycles. The highest BCUT2D eigenvalue weighted by molar-refractivity contribution is 8.01. The number of thioether (sulfide) groups is 1. The predicted molar refractivity (Wildman–Crippen MR) is 108 cm³/mol. The predicted octanol–water partition coefficient (Wildman–Crippen LogP) is 4.56. The van der Waals surface area contributed by atoms with Crippen molar-refractivity contribution >= 4 is 39.8 Å². The fourth-order valence-electron chi connectivity index (χ4n) is 2.38. The zero-order chi connectivity index (χ0) is 18.4. The van der Waals surface area contributed by atoms with Crippen LogP contribution < -0.4 is 10.6 Å². The summed E-state index contributed by atoms with van der Waals surface area (Å²) in [5, 5.41) is 15.3. The summed E-state index contributed by atoms with van der Waals surface area (Å²) in [7, 11) is 0. The van der Waals surface area contributed by atoms with Gasteiger partial charge in [-0.1, -0.05) is 71.6 Å². The molecule has 0 aliphatic heterocycles. The molecular formula is C19H20N4OS2. The van der Waals surface area contributed by atoms with Crippen LogP contribution in [0.3, 0.4) is 0 Å². The van der Waals surface area contributed by atoms with Gasteiger partial charge in [-0.05, 0) is 31.0 Å². The second-order valence-electron chi connectivity index (χ2n) is 5.80. The molecule has 0 spiro atoms. The summed E-state index contributed by atoms with van der Waals surface area (Å²) in [5.41, 5.74) is 3.24. The van der Waals surface area contributed by atoms with Crippen molar-refractivity contribution in [3.05, 3.63) is 65.7 Å². The van der Waals surface area contributed by atoms with Gasteiger partial charge in [0.15, 0.2) is 4.34 Å². The molecule has 0 saturated heterocycles. The van der Waals surface area contributed by atoms with Gasteiger partial charge in [-0.2, -0.15) is 0 Å². The first-order chi connectivity index (χ1) is 12.6. The minimum Gasteiger partial charge on any atom is -0.349 e. The van der Waals surface area contributed by atoms with Gasteiger partial charge in [0.05, 0.1) is 11.8 Å². The summed E-state index contributed by atoms with van der Waals surface area (Å²) < 4.78 is 0.767. The van der Waals surface area contributed by atoms with Crippen LogP contribution in [0.4, 0.5) is 10.8 Å². The number of aromatic nitrogens is 2. The topological polar surface area (TPSA) is 66.9 Å². The van der Waals surface area contributed by atoms with Gasteiger partial charge in [-0.3, -0.25) is 4.79 Å². The molecule has 5 nitrogen and oxygen atoms in total. The average molecular weight is 385 g/mol. The highest BCUT2D eigenvalue weighted by Crippen LogP contribution is 2.28. The maximum atomic E-state index is 12.2. The van der Waals surface area contributed by atoms with Gasteiger partial charge in [0, 0.05) is 5.69 Å². The van der Waals surface area contributed by atoms with Crippen LogP contribution in [0.15, 0.2) is 58.9 Å². The van der Waals surface area contributed by atoms with Gasteiger partial charge in [0.1, 0.15) is 0 Å². The van der Waals surface area contributed by atoms with E-state index in [0.29, 0.717) is 5.75 Å². The molecular weight excluding hydrogens is 364 g/mol. The highest BCUT2D eigenvalue weighted by atomic mass is 32.2. The van der Waals surface area contributed by atoms with Crippen LogP contribution in [-0.2, 0) is 4.79 Å². The molecule has 0 bridgehead atoms. The van der Waals surface area contributed by atoms with Crippen molar-refractivity contribution in [3.63, 3.8) is 0 Å². The lowest BCUT2D eigenvalue weighted by Crippen LogP contribution is -2.28. The van der Waals surface area contributed by atoms with Crippen molar-refractivity contribution in [2.24, 2.45) is 0 Å². The fraction of sp³-hybridized carbons (Fsp3) is 0.211. The Morgan fingerprint density at radius 1 is 1.12 bits per heavy atom. The van der Waals surface area contributed by atoms with Crippen molar-refractivity contribution < 1.29 is 4.79 Å². The van der Waals surface area contributed by atoms with Gasteiger partial charge in [-0.15, -0.1) is 10.2 Å². The van der Waals surface area contributed by atoms with Crippen molar-refractivity contribution in [1.82, 2.24) is 15.5 Å². The number of nitrogens with zero attached hydrogens (tertiary/aromatic N) is 2. The highest BCUT2D eigenvalue weighted by Gasteiger charge is 2.12. The van der Waals surface area contributed by atoms with E-state index in [0.717, 1.165) is 26.3 Å². The Kier molecular flexibility index (Phi) is 6.25. The first-order valence-corrected chi connectivity index (χ1v) is 10.1. The monoisotopic (exact) mass is 384 g/mol. The van der Waals surface area contributed by atoms with E-state index < -0.39 is 0 Å². The molecule has 3 rings (SSSR count). The van der Waals surface area contributed by atoms with E-state index in [1.54, 1.807) is 0 Å². The molecule has 7 heteroatoms. The van der Waals surface area contributed by atoms with E-state index in [9.17, 15) is 4.79 Å². The first kappa shape index (κ1) is 18.4. The third-order valence-corrected chi connectivity index (χ3v) is 5.77. The number of hydrogen-bond donors (Lipinski definition) is 2. The van der Waals surface area contributed by atoms with Crippen LogP contribution in [0.1, 0.15) is 24.1 Å². The molecule has 1 heterocycles. The van der Waals surface area contributed by atoms with Gasteiger partial charge < -0.3 is 10.6 Å². The molecule has 0 aliphatic carbocycles. The van der Waals surface area contributed by atoms with E-state index in [1.807, 2.05) is 68.4 Å². The molecule has 0 saturated carbocycles. The number of hydrogen-bond acceptors (Lipinski definition) is 6. The SMILES string of the molecule is Cc1ccccc1Nc1nnc(SCC(=O)N[C@H](C)c2ccccc2)s1. The first-order valence-electron chi connectivity index (χ1n) is 8.25. The largest absolute Gasteiger partial charge is 0.349 e. The third kappa shape index (κ3) is 5.06. The van der Waals surface area contributed by atoms with E-state index >= 15 is 0 Å². The molecule has 2 N–H and O–H groups in total. The molecule has 0 aliphatic rings. The van der Waals surface area contributed by atoms with Gasteiger partial charge >= 0.3 is 0 Å². The number of carbonyl (C=O) groups excluding carboxylic acids is 1. The van der Waals surface area contributed by atoms with Crippen LogP contribution in [0.25, 0.3) is 0 Å². The summed E-state index contributed by atoms with van der Waals surface area (Å²) in [4.78, 5) is 12.2. The zero-order valence-corrected chi connectivity index (χ0v) is 16.2. The molecule has 1 aromatic heterocycles. The molecule has 0 fully saturated rings. The molecule has 26 heavy (non-hydrogen) atoms. The number of para-hydroxylation sites is 1. The third-order valence-electron chi connectivity index (χ3n) is 3.80. The van der Waals surface area contributed by atoms with Crippen molar-refractivity contribution in [1.29, 1.82) is 0 Å². The number of amides is 1. The van der Waals surface area contributed by atoms with Crippen molar-refractivity contribution in [3.8, 4) is 0 Å². The van der Waals surface area contributed by atoms with Crippen molar-refractivity contribution in [2.45, 2.75) is 24.2 Å². The summed E-state index contributed by atoms with van der Waals surface area (Å²) in [5.74, 6) is 0.297. The number of aryl methyl sites for hydroxylation is 1. The van der Waals surface area contributed by atoms with Crippen LogP contribution in [-0.4, -0.2) is 21.9 Å². The number of rotatable bonds is 7. The van der Waals surface area contributed by atoms with Crippen LogP contribution in [0, 0.1) is 6.92 Å². The molecule has 1 atom stereocenters. The minimum absolute atomic E-state index is 0.0167.